The van der Waals surface area contributed by atoms with E-state index < -0.39 is 11.7 Å². The summed E-state index contributed by atoms with van der Waals surface area (Å²) in [6.07, 6.45) is 2.29. The van der Waals surface area contributed by atoms with Gasteiger partial charge in [0.25, 0.3) is 5.91 Å². The standard InChI is InChI=1S/C24H27FN2O4/c1-30-21-5-3-4-18(22(21)31-2)19-13-27(24(29)16-8-10-17(25)11-9-16)14-20(19)23(28)26-12-15-6-7-15/h3-5,8-11,15,19-20H,6-7,12-14H2,1-2H3,(H,26,28)/t19-,20+/m1/s1. The number of benzene rings is 2. The summed E-state index contributed by atoms with van der Waals surface area (Å²) in [6.45, 7) is 1.32. The van der Waals surface area contributed by atoms with Gasteiger partial charge in [-0.15, -0.1) is 0 Å². The third kappa shape index (κ3) is 4.50. The summed E-state index contributed by atoms with van der Waals surface area (Å²) in [5, 5.41) is 3.06. The van der Waals surface area contributed by atoms with Crippen LogP contribution in [0, 0.1) is 17.7 Å². The minimum Gasteiger partial charge on any atom is -0.493 e. The second-order valence-corrected chi connectivity index (χ2v) is 8.20. The molecule has 1 heterocycles. The maximum atomic E-state index is 13.3. The van der Waals surface area contributed by atoms with Gasteiger partial charge in [-0.25, -0.2) is 4.39 Å². The molecular weight excluding hydrogens is 399 g/mol. The van der Waals surface area contributed by atoms with Crippen molar-refractivity contribution in [2.24, 2.45) is 11.8 Å². The highest BCUT2D eigenvalue weighted by Crippen LogP contribution is 2.42. The molecule has 1 N–H and O–H groups in total. The number of methoxy groups -OCH3 is 2. The van der Waals surface area contributed by atoms with Crippen molar-refractivity contribution >= 4 is 11.8 Å². The summed E-state index contributed by atoms with van der Waals surface area (Å²) < 4.78 is 24.3. The van der Waals surface area contributed by atoms with Crippen LogP contribution in [0.4, 0.5) is 4.39 Å². The Morgan fingerprint density at radius 2 is 1.81 bits per heavy atom. The van der Waals surface area contributed by atoms with E-state index in [9.17, 15) is 14.0 Å². The first kappa shape index (κ1) is 21.2. The number of amides is 2. The summed E-state index contributed by atoms with van der Waals surface area (Å²) in [5.41, 5.74) is 1.24. The van der Waals surface area contributed by atoms with Crippen LogP contribution in [0.25, 0.3) is 0 Å². The molecule has 0 aromatic heterocycles. The van der Waals surface area contributed by atoms with E-state index in [0.717, 1.165) is 18.4 Å². The Balaban J connectivity index is 1.62. The van der Waals surface area contributed by atoms with Crippen LogP contribution >= 0.6 is 0 Å². The summed E-state index contributed by atoms with van der Waals surface area (Å²) in [6, 6.07) is 11.1. The second kappa shape index (κ2) is 8.96. The fourth-order valence-electron chi connectivity index (χ4n) is 4.23. The number of ether oxygens (including phenoxy) is 2. The van der Waals surface area contributed by atoms with Gasteiger partial charge in [0.05, 0.1) is 20.1 Å². The predicted octanol–water partition coefficient (Wildman–Crippen LogP) is 3.22. The molecule has 2 aromatic rings. The van der Waals surface area contributed by atoms with Crippen molar-refractivity contribution in [3.8, 4) is 11.5 Å². The van der Waals surface area contributed by atoms with Gasteiger partial charge in [-0.2, -0.15) is 0 Å². The molecule has 2 atom stereocenters. The van der Waals surface area contributed by atoms with Crippen molar-refractivity contribution in [2.45, 2.75) is 18.8 Å². The molecule has 31 heavy (non-hydrogen) atoms. The highest BCUT2D eigenvalue weighted by atomic mass is 19.1. The van der Waals surface area contributed by atoms with E-state index in [-0.39, 0.29) is 24.3 Å². The first-order valence-electron chi connectivity index (χ1n) is 10.5. The number of hydrogen-bond acceptors (Lipinski definition) is 4. The number of nitrogens with one attached hydrogen (secondary N) is 1. The number of rotatable bonds is 7. The maximum absolute atomic E-state index is 13.3. The number of carbonyl (C=O) groups excluding carboxylic acids is 2. The number of likely N-dealkylation sites (tertiary alicyclic amines) is 1. The third-order valence-electron chi connectivity index (χ3n) is 6.13. The second-order valence-electron chi connectivity index (χ2n) is 8.20. The average Bonchev–Trinajstić information content (AvgIpc) is 3.52. The zero-order chi connectivity index (χ0) is 22.0. The van der Waals surface area contributed by atoms with Gasteiger partial charge in [0.2, 0.25) is 5.91 Å². The molecule has 6 nitrogen and oxygen atoms in total. The van der Waals surface area contributed by atoms with Crippen LogP contribution in [0.1, 0.15) is 34.7 Å². The molecule has 0 bridgehead atoms. The number of carbonyl (C=O) groups is 2. The summed E-state index contributed by atoms with van der Waals surface area (Å²) in [4.78, 5) is 27.8. The third-order valence-corrected chi connectivity index (χ3v) is 6.13. The van der Waals surface area contributed by atoms with Gasteiger partial charge in [0, 0.05) is 36.7 Å². The van der Waals surface area contributed by atoms with Gasteiger partial charge in [-0.1, -0.05) is 12.1 Å². The van der Waals surface area contributed by atoms with E-state index >= 15 is 0 Å². The van der Waals surface area contributed by atoms with Gasteiger partial charge in [-0.05, 0) is 49.1 Å². The van der Waals surface area contributed by atoms with E-state index in [2.05, 4.69) is 5.32 Å². The fourth-order valence-corrected chi connectivity index (χ4v) is 4.23. The lowest BCUT2D eigenvalue weighted by molar-refractivity contribution is -0.125. The molecular formula is C24H27FN2O4. The van der Waals surface area contributed by atoms with Gasteiger partial charge in [-0.3, -0.25) is 9.59 Å². The monoisotopic (exact) mass is 426 g/mol. The highest BCUT2D eigenvalue weighted by Gasteiger charge is 2.42. The summed E-state index contributed by atoms with van der Waals surface area (Å²) in [7, 11) is 3.14. The largest absolute Gasteiger partial charge is 0.493 e. The van der Waals surface area contributed by atoms with Gasteiger partial charge < -0.3 is 19.7 Å². The fraction of sp³-hybridized carbons (Fsp3) is 0.417. The van der Waals surface area contributed by atoms with Crippen molar-refractivity contribution in [3.63, 3.8) is 0 Å². The molecule has 0 spiro atoms. The van der Waals surface area contributed by atoms with E-state index in [0.29, 0.717) is 36.1 Å². The Morgan fingerprint density at radius 1 is 1.06 bits per heavy atom. The molecule has 1 aliphatic heterocycles. The van der Waals surface area contributed by atoms with E-state index in [1.165, 1.54) is 24.3 Å². The molecule has 2 aromatic carbocycles. The number of halogens is 1. The van der Waals surface area contributed by atoms with E-state index in [4.69, 9.17) is 9.47 Å². The average molecular weight is 426 g/mol. The van der Waals surface area contributed by atoms with Crippen molar-refractivity contribution in [1.29, 1.82) is 0 Å². The Kier molecular flexibility index (Phi) is 6.11. The van der Waals surface area contributed by atoms with Crippen molar-refractivity contribution < 1.29 is 23.5 Å². The molecule has 7 heteroatoms. The molecule has 1 saturated heterocycles. The molecule has 1 aliphatic carbocycles. The minimum atomic E-state index is -0.413. The van der Waals surface area contributed by atoms with E-state index in [1.54, 1.807) is 25.2 Å². The molecule has 164 valence electrons. The number of hydrogen-bond donors (Lipinski definition) is 1. The van der Waals surface area contributed by atoms with Crippen LogP contribution < -0.4 is 14.8 Å². The quantitative estimate of drug-likeness (QED) is 0.738. The Bertz CT molecular complexity index is 959. The predicted molar refractivity (Wildman–Crippen MR) is 114 cm³/mol. The lowest BCUT2D eigenvalue weighted by Crippen LogP contribution is -2.36. The Labute approximate surface area is 181 Å². The molecule has 0 radical (unpaired) electrons. The summed E-state index contributed by atoms with van der Waals surface area (Å²) in [5.74, 6) is 0.395. The topological polar surface area (TPSA) is 67.9 Å². The minimum absolute atomic E-state index is 0.0591. The lowest BCUT2D eigenvalue weighted by Gasteiger charge is -2.21. The first-order chi connectivity index (χ1) is 15.0. The van der Waals surface area contributed by atoms with Crippen molar-refractivity contribution in [3.05, 3.63) is 59.4 Å². The van der Waals surface area contributed by atoms with Gasteiger partial charge in [0.1, 0.15) is 5.82 Å². The van der Waals surface area contributed by atoms with Crippen molar-refractivity contribution in [2.75, 3.05) is 33.9 Å². The smallest absolute Gasteiger partial charge is 0.253 e. The lowest BCUT2D eigenvalue weighted by atomic mass is 9.87. The SMILES string of the molecule is COc1cccc([C@H]2CN(C(=O)c3ccc(F)cc3)C[C@@H]2C(=O)NCC2CC2)c1OC. The maximum Gasteiger partial charge on any atom is 0.253 e. The van der Waals surface area contributed by atoms with Gasteiger partial charge >= 0.3 is 0 Å². The van der Waals surface area contributed by atoms with E-state index in [1.807, 2.05) is 12.1 Å². The molecule has 4 rings (SSSR count). The van der Waals surface area contributed by atoms with Crippen LogP contribution in [0.5, 0.6) is 11.5 Å². The van der Waals surface area contributed by atoms with Gasteiger partial charge in [0.15, 0.2) is 11.5 Å². The molecule has 2 amide bonds. The Morgan fingerprint density at radius 3 is 2.45 bits per heavy atom. The molecule has 2 fully saturated rings. The molecule has 1 saturated carbocycles. The van der Waals surface area contributed by atoms with Crippen LogP contribution in [-0.2, 0) is 4.79 Å². The number of nitrogens with zero attached hydrogens (tertiary/aromatic N) is 1. The number of para-hydroxylation sites is 1. The Hall–Kier alpha value is -3.09. The van der Waals surface area contributed by atoms with Crippen molar-refractivity contribution in [1.82, 2.24) is 10.2 Å². The highest BCUT2D eigenvalue weighted by molar-refractivity contribution is 5.95. The summed E-state index contributed by atoms with van der Waals surface area (Å²) >= 11 is 0. The van der Waals surface area contributed by atoms with Crippen LogP contribution in [0.3, 0.4) is 0 Å². The normalized spacial score (nSPS) is 20.4. The first-order valence-corrected chi connectivity index (χ1v) is 10.5. The van der Waals surface area contributed by atoms with Crippen LogP contribution in [-0.4, -0.2) is 50.6 Å². The zero-order valence-corrected chi connectivity index (χ0v) is 17.8. The molecule has 2 aliphatic rings. The van der Waals surface area contributed by atoms with Crippen LogP contribution in [0.2, 0.25) is 0 Å². The molecule has 0 unspecified atom stereocenters. The van der Waals surface area contributed by atoms with Crippen LogP contribution in [0.15, 0.2) is 42.5 Å². The zero-order valence-electron chi connectivity index (χ0n) is 17.8.